The van der Waals surface area contributed by atoms with Gasteiger partial charge in [0.1, 0.15) is 0 Å². The van der Waals surface area contributed by atoms with Crippen molar-refractivity contribution in [2.45, 2.75) is 25.8 Å². The molecule has 1 heterocycles. The van der Waals surface area contributed by atoms with E-state index in [2.05, 4.69) is 20.9 Å². The Morgan fingerprint density at radius 2 is 1.73 bits per heavy atom. The number of carbonyl (C=O) groups excluding carboxylic acids is 3. The van der Waals surface area contributed by atoms with E-state index in [0.29, 0.717) is 11.6 Å². The largest absolute Gasteiger partial charge is 0.353 e. The summed E-state index contributed by atoms with van der Waals surface area (Å²) in [7, 11) is 0. The SMILES string of the molecule is CC(=O)NCC(=O)NCC(=O)NCC(c1cccc(Cl)c1)N1CCCC1. The number of nitrogens with one attached hydrogen (secondary N) is 3. The zero-order chi connectivity index (χ0) is 18.9. The van der Waals surface area contributed by atoms with Gasteiger partial charge in [-0.05, 0) is 43.6 Å². The van der Waals surface area contributed by atoms with Crippen LogP contribution in [0.2, 0.25) is 5.02 Å². The van der Waals surface area contributed by atoms with Gasteiger partial charge in [-0.15, -0.1) is 0 Å². The fourth-order valence-corrected chi connectivity index (χ4v) is 3.14. The first-order valence-electron chi connectivity index (χ1n) is 8.73. The summed E-state index contributed by atoms with van der Waals surface area (Å²) < 4.78 is 0. The number of halogens is 1. The maximum absolute atomic E-state index is 12.0. The van der Waals surface area contributed by atoms with Crippen LogP contribution in [0.4, 0.5) is 0 Å². The van der Waals surface area contributed by atoms with Gasteiger partial charge >= 0.3 is 0 Å². The van der Waals surface area contributed by atoms with Crippen molar-refractivity contribution in [3.05, 3.63) is 34.9 Å². The second-order valence-electron chi connectivity index (χ2n) is 6.30. The number of hydrogen-bond donors (Lipinski definition) is 3. The van der Waals surface area contributed by atoms with Crippen LogP contribution in [0.15, 0.2) is 24.3 Å². The molecule has 0 bridgehead atoms. The zero-order valence-corrected chi connectivity index (χ0v) is 15.6. The minimum absolute atomic E-state index is 0.0511. The first-order chi connectivity index (χ1) is 12.5. The topological polar surface area (TPSA) is 90.5 Å². The molecular weight excluding hydrogens is 356 g/mol. The molecule has 1 saturated heterocycles. The normalized spacial score (nSPS) is 15.3. The smallest absolute Gasteiger partial charge is 0.239 e. The maximum Gasteiger partial charge on any atom is 0.239 e. The summed E-state index contributed by atoms with van der Waals surface area (Å²) in [6, 6.07) is 7.72. The van der Waals surface area contributed by atoms with E-state index >= 15 is 0 Å². The number of likely N-dealkylation sites (tertiary alicyclic amines) is 1. The molecule has 0 aromatic heterocycles. The van der Waals surface area contributed by atoms with E-state index < -0.39 is 5.91 Å². The Bertz CT molecular complexity index is 647. The predicted molar refractivity (Wildman–Crippen MR) is 99.7 cm³/mol. The van der Waals surface area contributed by atoms with E-state index in [4.69, 9.17) is 11.6 Å². The van der Waals surface area contributed by atoms with Crippen LogP contribution >= 0.6 is 11.6 Å². The highest BCUT2D eigenvalue weighted by molar-refractivity contribution is 6.30. The Hall–Kier alpha value is -2.12. The van der Waals surface area contributed by atoms with Gasteiger partial charge in [-0.3, -0.25) is 19.3 Å². The maximum atomic E-state index is 12.0. The Labute approximate surface area is 158 Å². The number of rotatable bonds is 8. The van der Waals surface area contributed by atoms with Crippen LogP contribution in [0.25, 0.3) is 0 Å². The van der Waals surface area contributed by atoms with Gasteiger partial charge in [0.15, 0.2) is 0 Å². The van der Waals surface area contributed by atoms with E-state index in [0.717, 1.165) is 31.5 Å². The highest BCUT2D eigenvalue weighted by Crippen LogP contribution is 2.26. The molecule has 1 aromatic rings. The average molecular weight is 381 g/mol. The van der Waals surface area contributed by atoms with Crippen molar-refractivity contribution in [1.82, 2.24) is 20.9 Å². The van der Waals surface area contributed by atoms with E-state index in [1.807, 2.05) is 24.3 Å². The van der Waals surface area contributed by atoms with Crippen LogP contribution in [0, 0.1) is 0 Å². The van der Waals surface area contributed by atoms with E-state index in [-0.39, 0.29) is 30.9 Å². The number of hydrogen-bond acceptors (Lipinski definition) is 4. The van der Waals surface area contributed by atoms with E-state index in [1.54, 1.807) is 0 Å². The average Bonchev–Trinajstić information content (AvgIpc) is 3.12. The summed E-state index contributed by atoms with van der Waals surface area (Å²) in [6.45, 7) is 3.48. The van der Waals surface area contributed by atoms with Crippen LogP contribution < -0.4 is 16.0 Å². The molecule has 1 fully saturated rings. The molecule has 142 valence electrons. The predicted octanol–water partition coefficient (Wildman–Crippen LogP) is 0.845. The highest BCUT2D eigenvalue weighted by Gasteiger charge is 2.24. The van der Waals surface area contributed by atoms with Gasteiger partial charge in [0.2, 0.25) is 17.7 Å². The van der Waals surface area contributed by atoms with Crippen molar-refractivity contribution in [1.29, 1.82) is 0 Å². The number of carbonyl (C=O) groups is 3. The van der Waals surface area contributed by atoms with Gasteiger partial charge in [-0.25, -0.2) is 0 Å². The number of benzene rings is 1. The summed E-state index contributed by atoms with van der Waals surface area (Å²) in [6.07, 6.45) is 2.29. The van der Waals surface area contributed by atoms with Crippen molar-refractivity contribution in [2.24, 2.45) is 0 Å². The third kappa shape index (κ3) is 6.65. The lowest BCUT2D eigenvalue weighted by atomic mass is 10.1. The molecule has 0 radical (unpaired) electrons. The minimum atomic E-state index is -0.402. The molecule has 1 aliphatic rings. The summed E-state index contributed by atoms with van der Waals surface area (Å²) >= 11 is 6.11. The molecule has 3 amide bonds. The molecular formula is C18H25ClN4O3. The fourth-order valence-electron chi connectivity index (χ4n) is 2.94. The molecule has 1 atom stereocenters. The Kier molecular flexibility index (Phi) is 7.87. The molecule has 3 N–H and O–H groups in total. The van der Waals surface area contributed by atoms with Crippen LogP contribution in [-0.2, 0) is 14.4 Å². The highest BCUT2D eigenvalue weighted by atomic mass is 35.5. The molecule has 1 aliphatic heterocycles. The third-order valence-electron chi connectivity index (χ3n) is 4.25. The van der Waals surface area contributed by atoms with Crippen LogP contribution in [0.1, 0.15) is 31.4 Å². The van der Waals surface area contributed by atoms with Gasteiger partial charge in [0, 0.05) is 18.5 Å². The molecule has 0 spiro atoms. The van der Waals surface area contributed by atoms with Crippen LogP contribution in [-0.4, -0.2) is 55.3 Å². The van der Waals surface area contributed by atoms with Gasteiger partial charge in [-0.2, -0.15) is 0 Å². The first-order valence-corrected chi connectivity index (χ1v) is 9.11. The summed E-state index contributed by atoms with van der Waals surface area (Å²) in [5.41, 5.74) is 1.06. The molecule has 1 unspecified atom stereocenters. The molecule has 26 heavy (non-hydrogen) atoms. The first kappa shape index (κ1) is 20.2. The Morgan fingerprint density at radius 1 is 1.08 bits per heavy atom. The van der Waals surface area contributed by atoms with Gasteiger partial charge < -0.3 is 16.0 Å². The fraction of sp³-hybridized carbons (Fsp3) is 0.500. The number of amides is 3. The van der Waals surface area contributed by atoms with Gasteiger partial charge in [0.05, 0.1) is 19.1 Å². The molecule has 0 aliphatic carbocycles. The molecule has 8 heteroatoms. The van der Waals surface area contributed by atoms with Crippen LogP contribution in [0.5, 0.6) is 0 Å². The molecule has 7 nitrogen and oxygen atoms in total. The number of nitrogens with zero attached hydrogens (tertiary/aromatic N) is 1. The molecule has 1 aromatic carbocycles. The van der Waals surface area contributed by atoms with Crippen molar-refractivity contribution in [3.8, 4) is 0 Å². The van der Waals surface area contributed by atoms with Crippen molar-refractivity contribution < 1.29 is 14.4 Å². The lowest BCUT2D eigenvalue weighted by Gasteiger charge is -2.28. The Balaban J connectivity index is 1.85. The van der Waals surface area contributed by atoms with Crippen LogP contribution in [0.3, 0.4) is 0 Å². The standard InChI is InChI=1S/C18H25ClN4O3/c1-13(24)20-11-17(25)22-12-18(26)21-10-16(23-7-2-3-8-23)14-5-4-6-15(19)9-14/h4-6,9,16H,2-3,7-8,10-12H2,1H3,(H,20,24)(H,21,26)(H,22,25). The lowest BCUT2D eigenvalue weighted by Crippen LogP contribution is -2.43. The van der Waals surface area contributed by atoms with Crippen molar-refractivity contribution in [2.75, 3.05) is 32.7 Å². The van der Waals surface area contributed by atoms with E-state index in [1.165, 1.54) is 6.92 Å². The summed E-state index contributed by atoms with van der Waals surface area (Å²) in [4.78, 5) is 36.7. The van der Waals surface area contributed by atoms with Crippen molar-refractivity contribution in [3.63, 3.8) is 0 Å². The molecule has 0 saturated carbocycles. The second-order valence-corrected chi connectivity index (χ2v) is 6.74. The van der Waals surface area contributed by atoms with Gasteiger partial charge in [0.25, 0.3) is 0 Å². The monoisotopic (exact) mass is 380 g/mol. The second kappa shape index (κ2) is 10.1. The van der Waals surface area contributed by atoms with E-state index in [9.17, 15) is 14.4 Å². The Morgan fingerprint density at radius 3 is 2.38 bits per heavy atom. The van der Waals surface area contributed by atoms with Gasteiger partial charge in [-0.1, -0.05) is 23.7 Å². The third-order valence-corrected chi connectivity index (χ3v) is 4.49. The lowest BCUT2D eigenvalue weighted by molar-refractivity contribution is -0.127. The quantitative estimate of drug-likeness (QED) is 0.623. The summed E-state index contributed by atoms with van der Waals surface area (Å²) in [5, 5.41) is 8.40. The van der Waals surface area contributed by atoms with Crippen molar-refractivity contribution >= 4 is 29.3 Å². The molecule has 2 rings (SSSR count). The summed E-state index contributed by atoms with van der Waals surface area (Å²) in [5.74, 6) is -0.965. The minimum Gasteiger partial charge on any atom is -0.353 e. The zero-order valence-electron chi connectivity index (χ0n) is 14.9.